The Morgan fingerprint density at radius 3 is 2.77 bits per heavy atom. The normalized spacial score (nSPS) is 14.6. The number of rotatable bonds is 8. The summed E-state index contributed by atoms with van der Waals surface area (Å²) in [5, 5.41) is 0.471. The molecule has 0 amide bonds. The van der Waals surface area contributed by atoms with Gasteiger partial charge in [-0.15, -0.1) is 0 Å². The van der Waals surface area contributed by atoms with E-state index in [9.17, 15) is 4.79 Å². The molecular weight excluding hydrogens is 585 g/mol. The van der Waals surface area contributed by atoms with Crippen molar-refractivity contribution in [1.82, 2.24) is 0 Å². The van der Waals surface area contributed by atoms with Crippen molar-refractivity contribution in [3.8, 4) is 11.5 Å². The first-order valence-corrected chi connectivity index (χ1v) is 11.7. The van der Waals surface area contributed by atoms with E-state index < -0.39 is 5.97 Å². The van der Waals surface area contributed by atoms with Crippen molar-refractivity contribution in [2.45, 2.75) is 26.7 Å². The minimum absolute atomic E-state index is 0.189. The summed E-state index contributed by atoms with van der Waals surface area (Å²) in [5.74, 6) is 0.915. The molecule has 0 bridgehead atoms. The zero-order valence-electron chi connectivity index (χ0n) is 16.5. The number of carbonyl (C=O) groups excluding carboxylic acids is 1. The van der Waals surface area contributed by atoms with E-state index in [-0.39, 0.29) is 11.6 Å². The number of carbonyl (C=O) groups is 1. The first-order valence-electron chi connectivity index (χ1n) is 9.50. The van der Waals surface area contributed by atoms with Gasteiger partial charge in [-0.1, -0.05) is 24.9 Å². The molecule has 8 heteroatoms. The summed E-state index contributed by atoms with van der Waals surface area (Å²) in [6.45, 7) is 5.11. The number of ether oxygens (including phenoxy) is 3. The lowest BCUT2D eigenvalue weighted by Crippen LogP contribution is -2.06. The average Bonchev–Trinajstić information content (AvgIpc) is 3.06. The number of hydrogen-bond donors (Lipinski definition) is 0. The Kier molecular flexibility index (Phi) is 8.19. The average molecular weight is 605 g/mol. The monoisotopic (exact) mass is 603 g/mol. The molecular formula is C22H20BrClINO4. The van der Waals surface area contributed by atoms with Crippen molar-refractivity contribution in [1.29, 1.82) is 0 Å². The molecule has 0 aromatic heterocycles. The second-order valence-corrected chi connectivity index (χ2v) is 8.93. The predicted octanol–water partition coefficient (Wildman–Crippen LogP) is 6.63. The van der Waals surface area contributed by atoms with Gasteiger partial charge in [0, 0.05) is 3.57 Å². The van der Waals surface area contributed by atoms with Crippen LogP contribution in [0.25, 0.3) is 6.08 Å². The quantitative estimate of drug-likeness (QED) is 0.147. The Labute approximate surface area is 202 Å². The van der Waals surface area contributed by atoms with E-state index in [0.29, 0.717) is 35.3 Å². The first-order chi connectivity index (χ1) is 14.4. The van der Waals surface area contributed by atoms with Crippen molar-refractivity contribution in [3.05, 3.63) is 60.2 Å². The highest BCUT2D eigenvalue weighted by Gasteiger charge is 2.26. The molecule has 0 atom stereocenters. The van der Waals surface area contributed by atoms with Gasteiger partial charge in [0.25, 0.3) is 0 Å². The van der Waals surface area contributed by atoms with Gasteiger partial charge < -0.3 is 14.2 Å². The topological polar surface area (TPSA) is 57.1 Å². The number of esters is 1. The number of hydrogen-bond acceptors (Lipinski definition) is 5. The van der Waals surface area contributed by atoms with Crippen LogP contribution < -0.4 is 9.47 Å². The Bertz CT molecular complexity index is 1020. The van der Waals surface area contributed by atoms with Crippen molar-refractivity contribution in [3.63, 3.8) is 0 Å². The van der Waals surface area contributed by atoms with Gasteiger partial charge in [0.2, 0.25) is 5.90 Å². The molecule has 1 heterocycles. The largest absolute Gasteiger partial charge is 0.490 e. The van der Waals surface area contributed by atoms with Gasteiger partial charge >= 0.3 is 5.97 Å². The van der Waals surface area contributed by atoms with Crippen LogP contribution in [0.4, 0.5) is 0 Å². The van der Waals surface area contributed by atoms with E-state index in [4.69, 9.17) is 25.8 Å². The molecule has 158 valence electrons. The van der Waals surface area contributed by atoms with Gasteiger partial charge in [-0.2, -0.15) is 0 Å². The summed E-state index contributed by atoms with van der Waals surface area (Å²) in [5.41, 5.74) is 1.50. The minimum Gasteiger partial charge on any atom is -0.490 e. The fourth-order valence-corrected chi connectivity index (χ4v) is 4.00. The van der Waals surface area contributed by atoms with Crippen molar-refractivity contribution < 1.29 is 19.0 Å². The van der Waals surface area contributed by atoms with E-state index in [1.807, 2.05) is 31.2 Å². The summed E-state index contributed by atoms with van der Waals surface area (Å²) in [7, 11) is 0. The smallest absolute Gasteiger partial charge is 0.363 e. The Morgan fingerprint density at radius 2 is 2.03 bits per heavy atom. The second kappa shape index (κ2) is 10.6. The van der Waals surface area contributed by atoms with E-state index in [2.05, 4.69) is 50.4 Å². The van der Waals surface area contributed by atoms with Crippen LogP contribution in [0.15, 0.2) is 45.5 Å². The zero-order chi connectivity index (χ0) is 21.7. The second-order valence-electron chi connectivity index (χ2n) is 6.43. The molecule has 0 N–H and O–H groups in total. The SMILES string of the molecule is CCCCOc1c(Br)cc(/C=C2\N=C(c3cc(I)ccc3Cl)OC2=O)cc1OCC. The van der Waals surface area contributed by atoms with Crippen molar-refractivity contribution in [2.24, 2.45) is 4.99 Å². The molecule has 1 aliphatic heterocycles. The van der Waals surface area contributed by atoms with Crippen LogP contribution in [0.5, 0.6) is 11.5 Å². The third-order valence-electron chi connectivity index (χ3n) is 4.16. The van der Waals surface area contributed by atoms with E-state index in [0.717, 1.165) is 26.4 Å². The molecule has 0 saturated carbocycles. The number of halogens is 3. The summed E-state index contributed by atoms with van der Waals surface area (Å²) < 4.78 is 18.7. The minimum atomic E-state index is -0.530. The Morgan fingerprint density at radius 1 is 1.23 bits per heavy atom. The fraction of sp³-hybridized carbons (Fsp3) is 0.273. The van der Waals surface area contributed by atoms with Crippen LogP contribution in [0, 0.1) is 3.57 Å². The van der Waals surface area contributed by atoms with Crippen LogP contribution >= 0.6 is 50.1 Å². The van der Waals surface area contributed by atoms with Gasteiger partial charge in [-0.3, -0.25) is 0 Å². The summed E-state index contributed by atoms with van der Waals surface area (Å²) in [6.07, 6.45) is 3.65. The maximum absolute atomic E-state index is 12.4. The summed E-state index contributed by atoms with van der Waals surface area (Å²) >= 11 is 12.0. The van der Waals surface area contributed by atoms with Crippen LogP contribution in [0.3, 0.4) is 0 Å². The maximum Gasteiger partial charge on any atom is 0.363 e. The van der Waals surface area contributed by atoms with Gasteiger partial charge in [0.05, 0.1) is 28.3 Å². The van der Waals surface area contributed by atoms with Crippen molar-refractivity contribution >= 4 is 68.1 Å². The summed E-state index contributed by atoms with van der Waals surface area (Å²) in [4.78, 5) is 16.7. The van der Waals surface area contributed by atoms with E-state index in [1.165, 1.54) is 0 Å². The molecule has 3 rings (SSSR count). The highest BCUT2D eigenvalue weighted by Crippen LogP contribution is 2.38. The predicted molar refractivity (Wildman–Crippen MR) is 130 cm³/mol. The highest BCUT2D eigenvalue weighted by molar-refractivity contribution is 14.1. The highest BCUT2D eigenvalue weighted by atomic mass is 127. The number of unbranched alkanes of at least 4 members (excludes halogenated alkanes) is 1. The van der Waals surface area contributed by atoms with Crippen LogP contribution in [0.2, 0.25) is 5.02 Å². The molecule has 5 nitrogen and oxygen atoms in total. The maximum atomic E-state index is 12.4. The molecule has 0 aliphatic carbocycles. The lowest BCUT2D eigenvalue weighted by Gasteiger charge is -2.14. The number of nitrogens with zero attached hydrogens (tertiary/aromatic N) is 1. The standard InChI is InChI=1S/C22H20BrClINO4/c1-3-5-8-29-20-16(23)9-13(11-19(20)28-4-2)10-18-22(27)30-21(26-18)15-12-14(25)6-7-17(15)24/h6-7,9-12H,3-5,8H2,1-2H3/b18-10-. The number of aliphatic imine (C=N–C) groups is 1. The van der Waals surface area contributed by atoms with Crippen LogP contribution in [-0.2, 0) is 9.53 Å². The van der Waals surface area contributed by atoms with E-state index >= 15 is 0 Å². The third kappa shape index (κ3) is 5.56. The number of cyclic esters (lactones) is 1. The fourth-order valence-electron chi connectivity index (χ4n) is 2.74. The first kappa shape index (κ1) is 23.1. The zero-order valence-corrected chi connectivity index (χ0v) is 21.0. The van der Waals surface area contributed by atoms with Crippen LogP contribution in [-0.4, -0.2) is 25.1 Å². The Hall–Kier alpha value is -1.58. The summed E-state index contributed by atoms with van der Waals surface area (Å²) in [6, 6.07) is 9.12. The molecule has 0 radical (unpaired) electrons. The molecule has 1 aliphatic rings. The van der Waals surface area contributed by atoms with Gasteiger partial charge in [-0.25, -0.2) is 9.79 Å². The Balaban J connectivity index is 1.94. The number of benzene rings is 2. The lowest BCUT2D eigenvalue weighted by atomic mass is 10.1. The third-order valence-corrected chi connectivity index (χ3v) is 5.75. The van der Waals surface area contributed by atoms with Crippen molar-refractivity contribution in [2.75, 3.05) is 13.2 Å². The molecule has 0 saturated heterocycles. The van der Waals surface area contributed by atoms with Gasteiger partial charge in [0.1, 0.15) is 0 Å². The van der Waals surface area contributed by atoms with Crippen LogP contribution in [0.1, 0.15) is 37.8 Å². The molecule has 2 aromatic rings. The molecule has 0 fully saturated rings. The molecule has 0 spiro atoms. The van der Waals surface area contributed by atoms with Gasteiger partial charge in [-0.05, 0) is 93.8 Å². The van der Waals surface area contributed by atoms with Gasteiger partial charge in [0.15, 0.2) is 17.2 Å². The lowest BCUT2D eigenvalue weighted by molar-refractivity contribution is -0.129. The molecule has 2 aromatic carbocycles. The van der Waals surface area contributed by atoms with E-state index in [1.54, 1.807) is 12.1 Å². The molecule has 0 unspecified atom stereocenters. The molecule has 30 heavy (non-hydrogen) atoms.